The van der Waals surface area contributed by atoms with Crippen LogP contribution in [-0.4, -0.2) is 76.0 Å². The molecule has 1 aromatic heterocycles. The third kappa shape index (κ3) is 5.60. The van der Waals surface area contributed by atoms with E-state index in [1.165, 1.54) is 11.3 Å². The molecule has 0 atom stereocenters. The molecule has 1 fully saturated rings. The van der Waals surface area contributed by atoms with Gasteiger partial charge < -0.3 is 18.9 Å². The van der Waals surface area contributed by atoms with Gasteiger partial charge in [-0.25, -0.2) is 4.98 Å². The van der Waals surface area contributed by atoms with Crippen LogP contribution in [0.25, 0.3) is 10.2 Å². The Morgan fingerprint density at radius 3 is 2.56 bits per heavy atom. The number of carbonyl (C=O) groups excluding carboxylic acids is 1. The average molecular weight is 486 g/mol. The Bertz CT molecular complexity index is 1070. The lowest BCUT2D eigenvalue weighted by molar-refractivity contribution is -0.120. The Labute approximate surface area is 204 Å². The molecule has 182 valence electrons. The van der Waals surface area contributed by atoms with Crippen molar-refractivity contribution in [2.24, 2.45) is 0 Å². The number of hydrogen-bond donors (Lipinski definition) is 0. The zero-order chi connectivity index (χ0) is 23.9. The summed E-state index contributed by atoms with van der Waals surface area (Å²) in [6, 6.07) is 11.4. The highest BCUT2D eigenvalue weighted by Crippen LogP contribution is 2.40. The standard InChI is InChI=1S/C25H31N3O5S/c1-18-7-4-5-8-19(18)33-17-22(29)28(12-6-11-27-13-15-32-16-14-27)25-26-23-20(30-2)9-10-21(31-3)24(23)34-25/h4-5,7-10H,6,11-17H2,1-3H3. The van der Waals surface area contributed by atoms with Crippen molar-refractivity contribution in [2.45, 2.75) is 13.3 Å². The van der Waals surface area contributed by atoms with Gasteiger partial charge in [-0.05, 0) is 37.1 Å². The first-order valence-corrected chi connectivity index (χ1v) is 12.2. The van der Waals surface area contributed by atoms with Gasteiger partial charge in [-0.2, -0.15) is 0 Å². The van der Waals surface area contributed by atoms with Gasteiger partial charge in [0.15, 0.2) is 11.7 Å². The van der Waals surface area contributed by atoms with Crippen LogP contribution in [0.3, 0.4) is 0 Å². The van der Waals surface area contributed by atoms with Crippen LogP contribution in [0.4, 0.5) is 5.13 Å². The smallest absolute Gasteiger partial charge is 0.266 e. The predicted octanol–water partition coefficient (Wildman–Crippen LogP) is 3.76. The number of methoxy groups -OCH3 is 2. The number of anilines is 1. The third-order valence-electron chi connectivity index (χ3n) is 5.84. The van der Waals surface area contributed by atoms with Gasteiger partial charge in [0.2, 0.25) is 0 Å². The number of aromatic nitrogens is 1. The lowest BCUT2D eigenvalue weighted by Gasteiger charge is -2.27. The lowest BCUT2D eigenvalue weighted by atomic mass is 10.2. The van der Waals surface area contributed by atoms with E-state index in [1.54, 1.807) is 19.1 Å². The summed E-state index contributed by atoms with van der Waals surface area (Å²) in [6.07, 6.45) is 0.820. The van der Waals surface area contributed by atoms with Crippen molar-refractivity contribution in [3.63, 3.8) is 0 Å². The summed E-state index contributed by atoms with van der Waals surface area (Å²) < 4.78 is 23.2. The minimum Gasteiger partial charge on any atom is -0.495 e. The summed E-state index contributed by atoms with van der Waals surface area (Å²) in [5.41, 5.74) is 1.68. The van der Waals surface area contributed by atoms with E-state index in [2.05, 4.69) is 4.90 Å². The van der Waals surface area contributed by atoms with Crippen LogP contribution < -0.4 is 19.1 Å². The second kappa shape index (κ2) is 11.5. The fourth-order valence-corrected chi connectivity index (χ4v) is 5.05. The summed E-state index contributed by atoms with van der Waals surface area (Å²) >= 11 is 1.43. The fourth-order valence-electron chi connectivity index (χ4n) is 3.93. The van der Waals surface area contributed by atoms with E-state index in [-0.39, 0.29) is 12.5 Å². The Morgan fingerprint density at radius 2 is 1.82 bits per heavy atom. The van der Waals surface area contributed by atoms with E-state index < -0.39 is 0 Å². The molecule has 0 aliphatic carbocycles. The number of benzene rings is 2. The van der Waals surface area contributed by atoms with Crippen molar-refractivity contribution in [1.29, 1.82) is 0 Å². The molecule has 0 unspecified atom stereocenters. The number of aryl methyl sites for hydroxylation is 1. The van der Waals surface area contributed by atoms with Gasteiger partial charge in [-0.3, -0.25) is 14.6 Å². The normalized spacial score (nSPS) is 14.2. The van der Waals surface area contributed by atoms with Crippen LogP contribution in [-0.2, 0) is 9.53 Å². The van der Waals surface area contributed by atoms with Gasteiger partial charge in [0, 0.05) is 26.2 Å². The maximum atomic E-state index is 13.4. The molecule has 8 nitrogen and oxygen atoms in total. The molecule has 1 aliphatic rings. The summed E-state index contributed by atoms with van der Waals surface area (Å²) in [4.78, 5) is 22.2. The molecule has 0 saturated carbocycles. The molecular formula is C25H31N3O5S. The van der Waals surface area contributed by atoms with Crippen molar-refractivity contribution in [2.75, 3.05) is 65.1 Å². The number of ether oxygens (including phenoxy) is 4. The highest BCUT2D eigenvalue weighted by atomic mass is 32.1. The number of amides is 1. The SMILES string of the molecule is COc1ccc(OC)c2sc(N(CCCN3CCOCC3)C(=O)COc3ccccc3C)nc12. The highest BCUT2D eigenvalue weighted by molar-refractivity contribution is 7.22. The van der Waals surface area contributed by atoms with Gasteiger partial charge in [-0.15, -0.1) is 0 Å². The fraction of sp³-hybridized carbons (Fsp3) is 0.440. The van der Waals surface area contributed by atoms with Gasteiger partial charge in [-0.1, -0.05) is 29.5 Å². The van der Waals surface area contributed by atoms with Gasteiger partial charge >= 0.3 is 0 Å². The first-order chi connectivity index (χ1) is 16.6. The molecule has 0 bridgehead atoms. The molecular weight excluding hydrogens is 454 g/mol. The molecule has 34 heavy (non-hydrogen) atoms. The Balaban J connectivity index is 1.56. The van der Waals surface area contributed by atoms with Crippen LogP contribution in [0.15, 0.2) is 36.4 Å². The molecule has 3 aromatic rings. The molecule has 1 aliphatic heterocycles. The number of fused-ring (bicyclic) bond motifs is 1. The number of morpholine rings is 1. The van der Waals surface area contributed by atoms with Crippen molar-refractivity contribution in [3.05, 3.63) is 42.0 Å². The zero-order valence-corrected chi connectivity index (χ0v) is 20.7. The van der Waals surface area contributed by atoms with E-state index in [1.807, 2.05) is 43.3 Å². The molecule has 1 amide bonds. The lowest BCUT2D eigenvalue weighted by Crippen LogP contribution is -2.40. The molecule has 1 saturated heterocycles. The Kier molecular flexibility index (Phi) is 8.21. The number of carbonyl (C=O) groups is 1. The van der Waals surface area contributed by atoms with E-state index in [0.29, 0.717) is 34.4 Å². The van der Waals surface area contributed by atoms with Crippen molar-refractivity contribution >= 4 is 32.6 Å². The van der Waals surface area contributed by atoms with Gasteiger partial charge in [0.25, 0.3) is 5.91 Å². The summed E-state index contributed by atoms with van der Waals surface area (Å²) in [5, 5.41) is 0.609. The largest absolute Gasteiger partial charge is 0.495 e. The van der Waals surface area contributed by atoms with E-state index in [9.17, 15) is 4.79 Å². The maximum Gasteiger partial charge on any atom is 0.266 e. The molecule has 0 spiro atoms. The number of nitrogens with zero attached hydrogens (tertiary/aromatic N) is 3. The van der Waals surface area contributed by atoms with E-state index >= 15 is 0 Å². The number of thiazole rings is 1. The first-order valence-electron chi connectivity index (χ1n) is 11.4. The number of para-hydroxylation sites is 1. The molecule has 2 heterocycles. The quantitative estimate of drug-likeness (QED) is 0.433. The second-order valence-corrected chi connectivity index (χ2v) is 9.03. The van der Waals surface area contributed by atoms with Crippen LogP contribution in [0.2, 0.25) is 0 Å². The van der Waals surface area contributed by atoms with Crippen LogP contribution in [0, 0.1) is 6.92 Å². The number of rotatable bonds is 10. The predicted molar refractivity (Wildman–Crippen MR) is 134 cm³/mol. The third-order valence-corrected chi connectivity index (χ3v) is 6.93. The summed E-state index contributed by atoms with van der Waals surface area (Å²) in [7, 11) is 3.24. The average Bonchev–Trinajstić information content (AvgIpc) is 3.31. The second-order valence-electron chi connectivity index (χ2n) is 8.05. The minimum absolute atomic E-state index is 0.0629. The Morgan fingerprint density at radius 1 is 1.09 bits per heavy atom. The molecule has 2 aromatic carbocycles. The van der Waals surface area contributed by atoms with Crippen molar-refractivity contribution in [1.82, 2.24) is 9.88 Å². The zero-order valence-electron chi connectivity index (χ0n) is 19.9. The summed E-state index contributed by atoms with van der Waals surface area (Å²) in [5.74, 6) is 1.92. The van der Waals surface area contributed by atoms with Gasteiger partial charge in [0.05, 0.1) is 27.4 Å². The maximum absolute atomic E-state index is 13.4. The molecule has 0 radical (unpaired) electrons. The highest BCUT2D eigenvalue weighted by Gasteiger charge is 2.23. The van der Waals surface area contributed by atoms with E-state index in [4.69, 9.17) is 23.9 Å². The van der Waals surface area contributed by atoms with Crippen molar-refractivity contribution < 1.29 is 23.7 Å². The summed E-state index contributed by atoms with van der Waals surface area (Å²) in [6.45, 7) is 6.67. The van der Waals surface area contributed by atoms with Crippen LogP contribution in [0.5, 0.6) is 17.2 Å². The van der Waals surface area contributed by atoms with E-state index in [0.717, 1.165) is 49.5 Å². The van der Waals surface area contributed by atoms with Crippen LogP contribution in [0.1, 0.15) is 12.0 Å². The van der Waals surface area contributed by atoms with Crippen LogP contribution >= 0.6 is 11.3 Å². The molecule has 0 N–H and O–H groups in total. The monoisotopic (exact) mass is 485 g/mol. The van der Waals surface area contributed by atoms with Crippen molar-refractivity contribution in [3.8, 4) is 17.2 Å². The van der Waals surface area contributed by atoms with Gasteiger partial charge in [0.1, 0.15) is 27.5 Å². The first kappa shape index (κ1) is 24.3. The number of hydrogen-bond acceptors (Lipinski definition) is 8. The minimum atomic E-state index is -0.137. The topological polar surface area (TPSA) is 73.4 Å². The molecule has 9 heteroatoms. The Hall–Kier alpha value is -2.88. The molecule has 4 rings (SSSR count).